The van der Waals surface area contributed by atoms with E-state index in [0.717, 1.165) is 11.3 Å². The Bertz CT molecular complexity index is 582. The fourth-order valence-corrected chi connectivity index (χ4v) is 1.92. The highest BCUT2D eigenvalue weighted by Gasteiger charge is 2.04. The summed E-state index contributed by atoms with van der Waals surface area (Å²) < 4.78 is 24.4. The highest BCUT2D eigenvalue weighted by atomic mass is 19.1. The van der Waals surface area contributed by atoms with Gasteiger partial charge in [0.2, 0.25) is 0 Å². The average molecular weight is 289 g/mol. The normalized spacial score (nSPS) is 10.5. The lowest BCUT2D eigenvalue weighted by Gasteiger charge is -2.11. The van der Waals surface area contributed by atoms with Gasteiger partial charge in [-0.25, -0.2) is 4.39 Å². The molecule has 21 heavy (non-hydrogen) atoms. The Hall–Kier alpha value is -2.23. The second kappa shape index (κ2) is 6.97. The SMILES string of the molecule is COc1ccc(F)c(NCc2ccc(OC(C)C)cc2)c1. The molecule has 2 aromatic rings. The van der Waals surface area contributed by atoms with Gasteiger partial charge in [-0.05, 0) is 43.7 Å². The molecule has 4 heteroatoms. The molecule has 0 aliphatic heterocycles. The molecule has 2 aromatic carbocycles. The van der Waals surface area contributed by atoms with E-state index < -0.39 is 0 Å². The molecule has 0 saturated carbocycles. The molecule has 0 aromatic heterocycles. The van der Waals surface area contributed by atoms with Gasteiger partial charge in [-0.2, -0.15) is 0 Å². The van der Waals surface area contributed by atoms with Crippen LogP contribution in [0.15, 0.2) is 42.5 Å². The number of hydrogen-bond donors (Lipinski definition) is 1. The Labute approximate surface area is 124 Å². The standard InChI is InChI=1S/C17H20FNO2/c1-12(2)21-14-6-4-13(5-7-14)11-19-17-10-15(20-3)8-9-16(17)18/h4-10,12,19H,11H2,1-3H3. The summed E-state index contributed by atoms with van der Waals surface area (Å²) in [5.41, 5.74) is 1.48. The lowest BCUT2D eigenvalue weighted by atomic mass is 10.2. The van der Waals surface area contributed by atoms with Crippen LogP contribution in [0.2, 0.25) is 0 Å². The number of ether oxygens (including phenoxy) is 2. The first kappa shape index (κ1) is 15.2. The molecule has 3 nitrogen and oxygen atoms in total. The molecule has 2 rings (SSSR count). The Balaban J connectivity index is 1.99. The summed E-state index contributed by atoms with van der Waals surface area (Å²) in [5, 5.41) is 3.07. The van der Waals surface area contributed by atoms with Crippen molar-refractivity contribution in [3.63, 3.8) is 0 Å². The van der Waals surface area contributed by atoms with Gasteiger partial charge in [0, 0.05) is 12.6 Å². The molecule has 0 amide bonds. The van der Waals surface area contributed by atoms with E-state index in [1.807, 2.05) is 38.1 Å². The number of benzene rings is 2. The van der Waals surface area contributed by atoms with Crippen molar-refractivity contribution in [3.8, 4) is 11.5 Å². The second-order valence-electron chi connectivity index (χ2n) is 5.01. The van der Waals surface area contributed by atoms with E-state index in [2.05, 4.69) is 5.32 Å². The van der Waals surface area contributed by atoms with Crippen LogP contribution in [-0.4, -0.2) is 13.2 Å². The van der Waals surface area contributed by atoms with Crippen molar-refractivity contribution in [2.45, 2.75) is 26.5 Å². The van der Waals surface area contributed by atoms with E-state index in [1.165, 1.54) is 6.07 Å². The third-order valence-corrected chi connectivity index (χ3v) is 2.95. The van der Waals surface area contributed by atoms with Gasteiger partial charge in [-0.3, -0.25) is 0 Å². The number of methoxy groups -OCH3 is 1. The summed E-state index contributed by atoms with van der Waals surface area (Å²) in [6.45, 7) is 4.51. The van der Waals surface area contributed by atoms with Crippen LogP contribution in [0, 0.1) is 5.82 Å². The van der Waals surface area contributed by atoms with Crippen LogP contribution in [0.25, 0.3) is 0 Å². The summed E-state index contributed by atoms with van der Waals surface area (Å²) in [7, 11) is 1.56. The molecule has 0 bridgehead atoms. The molecule has 0 spiro atoms. The van der Waals surface area contributed by atoms with Crippen LogP contribution in [0.5, 0.6) is 11.5 Å². The van der Waals surface area contributed by atoms with Gasteiger partial charge in [-0.15, -0.1) is 0 Å². The van der Waals surface area contributed by atoms with Gasteiger partial charge in [0.1, 0.15) is 17.3 Å². The quantitative estimate of drug-likeness (QED) is 0.863. The smallest absolute Gasteiger partial charge is 0.146 e. The monoisotopic (exact) mass is 289 g/mol. The maximum absolute atomic E-state index is 13.7. The minimum atomic E-state index is -0.296. The highest BCUT2D eigenvalue weighted by Crippen LogP contribution is 2.22. The lowest BCUT2D eigenvalue weighted by Crippen LogP contribution is -2.06. The summed E-state index contributed by atoms with van der Waals surface area (Å²) in [6, 6.07) is 12.4. The van der Waals surface area contributed by atoms with E-state index in [0.29, 0.717) is 18.0 Å². The van der Waals surface area contributed by atoms with Gasteiger partial charge in [0.25, 0.3) is 0 Å². The van der Waals surface area contributed by atoms with Crippen molar-refractivity contribution in [3.05, 3.63) is 53.8 Å². The predicted octanol–water partition coefficient (Wildman–Crippen LogP) is 4.23. The first-order chi connectivity index (χ1) is 10.1. The van der Waals surface area contributed by atoms with E-state index in [1.54, 1.807) is 19.2 Å². The highest BCUT2D eigenvalue weighted by molar-refractivity contribution is 5.50. The van der Waals surface area contributed by atoms with Crippen LogP contribution in [0.3, 0.4) is 0 Å². The number of nitrogens with one attached hydrogen (secondary N) is 1. The molecule has 1 N–H and O–H groups in total. The summed E-state index contributed by atoms with van der Waals surface area (Å²) >= 11 is 0. The van der Waals surface area contributed by atoms with Gasteiger partial charge in [-0.1, -0.05) is 12.1 Å². The van der Waals surface area contributed by atoms with Crippen LogP contribution < -0.4 is 14.8 Å². The summed E-state index contributed by atoms with van der Waals surface area (Å²) in [4.78, 5) is 0. The molecule has 0 fully saturated rings. The van der Waals surface area contributed by atoms with Crippen molar-refractivity contribution in [1.82, 2.24) is 0 Å². The largest absolute Gasteiger partial charge is 0.497 e. The molecular formula is C17H20FNO2. The summed E-state index contributed by atoms with van der Waals surface area (Å²) in [5.74, 6) is 1.16. The fourth-order valence-electron chi connectivity index (χ4n) is 1.92. The Morgan fingerprint density at radius 2 is 1.71 bits per heavy atom. The number of rotatable bonds is 6. The molecule has 0 atom stereocenters. The van der Waals surface area contributed by atoms with Gasteiger partial charge < -0.3 is 14.8 Å². The zero-order chi connectivity index (χ0) is 15.2. The van der Waals surface area contributed by atoms with Crippen molar-refractivity contribution in [1.29, 1.82) is 0 Å². The molecule has 112 valence electrons. The zero-order valence-corrected chi connectivity index (χ0v) is 12.5. The molecule has 0 aliphatic rings. The average Bonchev–Trinajstić information content (AvgIpc) is 2.47. The van der Waals surface area contributed by atoms with Crippen LogP contribution in [0.1, 0.15) is 19.4 Å². The summed E-state index contributed by atoms with van der Waals surface area (Å²) in [6.07, 6.45) is 0.153. The van der Waals surface area contributed by atoms with Gasteiger partial charge in [0.15, 0.2) is 0 Å². The first-order valence-electron chi connectivity index (χ1n) is 6.91. The molecule has 0 unspecified atom stereocenters. The van der Waals surface area contributed by atoms with Gasteiger partial charge >= 0.3 is 0 Å². The van der Waals surface area contributed by atoms with Gasteiger partial charge in [0.05, 0.1) is 18.9 Å². The van der Waals surface area contributed by atoms with E-state index in [-0.39, 0.29) is 11.9 Å². The molecular weight excluding hydrogens is 269 g/mol. The third kappa shape index (κ3) is 4.38. The second-order valence-corrected chi connectivity index (χ2v) is 5.01. The topological polar surface area (TPSA) is 30.5 Å². The van der Waals surface area contributed by atoms with Crippen LogP contribution in [-0.2, 0) is 6.54 Å². The first-order valence-corrected chi connectivity index (χ1v) is 6.91. The van der Waals surface area contributed by atoms with Crippen molar-refractivity contribution in [2.75, 3.05) is 12.4 Å². The van der Waals surface area contributed by atoms with Crippen molar-refractivity contribution < 1.29 is 13.9 Å². The van der Waals surface area contributed by atoms with Crippen LogP contribution >= 0.6 is 0 Å². The van der Waals surface area contributed by atoms with Crippen molar-refractivity contribution in [2.24, 2.45) is 0 Å². The van der Waals surface area contributed by atoms with E-state index >= 15 is 0 Å². The number of anilines is 1. The maximum atomic E-state index is 13.7. The Morgan fingerprint density at radius 3 is 2.33 bits per heavy atom. The molecule has 0 saturated heterocycles. The molecule has 0 radical (unpaired) electrons. The van der Waals surface area contributed by atoms with E-state index in [4.69, 9.17) is 9.47 Å². The predicted molar refractivity (Wildman–Crippen MR) is 82.5 cm³/mol. The zero-order valence-electron chi connectivity index (χ0n) is 12.5. The molecule has 0 aliphatic carbocycles. The minimum absolute atomic E-state index is 0.153. The van der Waals surface area contributed by atoms with Crippen molar-refractivity contribution >= 4 is 5.69 Å². The minimum Gasteiger partial charge on any atom is -0.497 e. The lowest BCUT2D eigenvalue weighted by molar-refractivity contribution is 0.242. The van der Waals surface area contributed by atoms with E-state index in [9.17, 15) is 4.39 Å². The molecule has 0 heterocycles. The Morgan fingerprint density at radius 1 is 1.05 bits per heavy atom. The number of hydrogen-bond acceptors (Lipinski definition) is 3. The van der Waals surface area contributed by atoms with Crippen LogP contribution in [0.4, 0.5) is 10.1 Å². The Kier molecular flexibility index (Phi) is 5.04. The maximum Gasteiger partial charge on any atom is 0.146 e. The number of halogens is 1. The fraction of sp³-hybridized carbons (Fsp3) is 0.294. The third-order valence-electron chi connectivity index (χ3n) is 2.95.